The van der Waals surface area contributed by atoms with Crippen molar-refractivity contribution in [3.8, 4) is 23.3 Å². The van der Waals surface area contributed by atoms with Gasteiger partial charge in [-0.05, 0) is 100 Å². The predicted molar refractivity (Wildman–Crippen MR) is 209 cm³/mol. The number of carbonyl (C=O) groups excluding carboxylic acids is 1. The van der Waals surface area contributed by atoms with Crippen LogP contribution in [0.25, 0.3) is 0 Å². The number of hydrogen-bond acceptors (Lipinski definition) is 11. The molecule has 6 aliphatic heterocycles. The molecule has 8 bridgehead atoms. The summed E-state index contributed by atoms with van der Waals surface area (Å²) in [7, 11) is 0. The zero-order chi connectivity index (χ0) is 37.3. The molecule has 1 aromatic rings. The van der Waals surface area contributed by atoms with Crippen LogP contribution in [0.1, 0.15) is 96.0 Å². The maximum absolute atomic E-state index is 12.7. The highest BCUT2D eigenvalue weighted by atomic mass is 16.5. The number of hydrogen-bond donors (Lipinski definition) is 5. The van der Waals surface area contributed by atoms with Crippen molar-refractivity contribution in [2.24, 2.45) is 45.2 Å². The molecule has 9 unspecified atom stereocenters. The first-order chi connectivity index (χ1) is 26.1. The van der Waals surface area contributed by atoms with Gasteiger partial charge >= 0.3 is 5.97 Å². The van der Waals surface area contributed by atoms with Crippen LogP contribution in [0.2, 0.25) is 0 Å². The largest absolute Gasteiger partial charge is 0.504 e. The first-order valence-electron chi connectivity index (χ1n) is 21.2. The van der Waals surface area contributed by atoms with E-state index < -0.39 is 17.6 Å². The lowest BCUT2D eigenvalue weighted by Crippen LogP contribution is -2.57. The van der Waals surface area contributed by atoms with Crippen molar-refractivity contribution in [2.45, 2.75) is 121 Å². The Hall–Kier alpha value is -3.04. The Kier molecular flexibility index (Phi) is 11.4. The number of ether oxygens (including phenoxy) is 2. The number of rotatable bonds is 1. The molecule has 11 nitrogen and oxygen atoms in total. The number of benzene rings is 1. The number of fused-ring (bicyclic) bond motifs is 8. The first kappa shape index (κ1) is 37.9. The summed E-state index contributed by atoms with van der Waals surface area (Å²) in [5.74, 6) is 9.96. The number of piperidine rings is 3. The molecular formula is C43H64N6O5. The Morgan fingerprint density at radius 3 is 2.61 bits per heavy atom. The van der Waals surface area contributed by atoms with E-state index in [1.54, 1.807) is 6.07 Å². The Balaban J connectivity index is 1.23. The smallest absolute Gasteiger partial charge is 0.302 e. The van der Waals surface area contributed by atoms with Gasteiger partial charge in [0.1, 0.15) is 12.2 Å². The maximum Gasteiger partial charge on any atom is 0.302 e. The van der Waals surface area contributed by atoms with Crippen LogP contribution in [0.3, 0.4) is 0 Å². The van der Waals surface area contributed by atoms with Gasteiger partial charge in [-0.2, -0.15) is 0 Å². The van der Waals surface area contributed by atoms with Crippen LogP contribution in [0.5, 0.6) is 11.5 Å². The van der Waals surface area contributed by atoms with Crippen molar-refractivity contribution in [2.75, 3.05) is 52.5 Å². The van der Waals surface area contributed by atoms with Crippen molar-refractivity contribution >= 4 is 11.9 Å². The fourth-order valence-corrected chi connectivity index (χ4v) is 11.9. The summed E-state index contributed by atoms with van der Waals surface area (Å²) in [6.07, 6.45) is 11.7. The molecule has 9 atom stereocenters. The van der Waals surface area contributed by atoms with Crippen LogP contribution in [0, 0.1) is 46.3 Å². The predicted octanol–water partition coefficient (Wildman–Crippen LogP) is 4.01. The van der Waals surface area contributed by atoms with Gasteiger partial charge in [0.05, 0.1) is 18.2 Å². The number of aromatic hydroxyl groups is 1. The number of aliphatic hydroxyl groups excluding tert-OH is 1. The zero-order valence-corrected chi connectivity index (χ0v) is 32.4. The number of guanidine groups is 1. The van der Waals surface area contributed by atoms with Crippen LogP contribution >= 0.6 is 0 Å². The summed E-state index contributed by atoms with van der Waals surface area (Å²) in [6.45, 7) is 8.99. The zero-order valence-electron chi connectivity index (χ0n) is 32.4. The standard InChI is InChI=1S/C43H64N6O5/c1-29(50)53-39-21-35(51)10-15-42(26-46-41(44)47-28-49-24-31-17-32(25-49)23-48(22-31)27-43(42)12-2-3-13-43)14-9-33-5-4-6-34-20-36(11-16-45-34)54-40-19-30(18-37(33)39)7-8-38(40)52/h7-8,19,31-37,39,45,51-52H,2-6,10-13,15-18,20-28H2,1H3,(H3,44,46,47). The lowest BCUT2D eigenvalue weighted by molar-refractivity contribution is -0.152. The quantitative estimate of drug-likeness (QED) is 0.212. The third kappa shape index (κ3) is 8.37. The molecule has 0 aromatic heterocycles. The van der Waals surface area contributed by atoms with Gasteiger partial charge in [0, 0.05) is 75.9 Å². The Morgan fingerprint density at radius 1 is 1.02 bits per heavy atom. The molecular weight excluding hydrogens is 681 g/mol. The molecule has 2 spiro atoms. The lowest BCUT2D eigenvalue weighted by Gasteiger charge is -2.52. The molecule has 6 heterocycles. The van der Waals surface area contributed by atoms with E-state index in [2.05, 4.69) is 32.3 Å². The molecule has 0 radical (unpaired) electrons. The number of aliphatic imine (C=N–C) groups is 1. The first-order valence-corrected chi connectivity index (χ1v) is 21.2. The molecule has 11 heteroatoms. The average Bonchev–Trinajstić information content (AvgIpc) is 3.62. The van der Waals surface area contributed by atoms with Gasteiger partial charge in [-0.25, -0.2) is 4.99 Å². The van der Waals surface area contributed by atoms with E-state index >= 15 is 0 Å². The highest BCUT2D eigenvalue weighted by Gasteiger charge is 2.54. The van der Waals surface area contributed by atoms with E-state index in [-0.39, 0.29) is 35.1 Å². The summed E-state index contributed by atoms with van der Waals surface area (Å²) in [4.78, 5) is 22.9. The number of phenols is 1. The maximum atomic E-state index is 12.7. The number of esters is 1. The van der Waals surface area contributed by atoms with Crippen molar-refractivity contribution < 1.29 is 24.5 Å². The summed E-state index contributed by atoms with van der Waals surface area (Å²) >= 11 is 0. The molecule has 8 aliphatic rings. The van der Waals surface area contributed by atoms with Gasteiger partial charge in [-0.15, -0.1) is 0 Å². The fraction of sp³-hybridized carbons (Fsp3) is 0.767. The number of carbonyl (C=O) groups is 1. The van der Waals surface area contributed by atoms with Gasteiger partial charge in [-0.1, -0.05) is 37.2 Å². The van der Waals surface area contributed by atoms with E-state index in [9.17, 15) is 15.0 Å². The minimum atomic E-state index is -0.660. The van der Waals surface area contributed by atoms with Crippen molar-refractivity contribution in [1.82, 2.24) is 20.4 Å². The van der Waals surface area contributed by atoms with Gasteiger partial charge in [0.2, 0.25) is 0 Å². The van der Waals surface area contributed by atoms with E-state index in [1.807, 2.05) is 12.1 Å². The van der Waals surface area contributed by atoms with E-state index in [1.165, 1.54) is 26.2 Å². The van der Waals surface area contributed by atoms with E-state index in [0.29, 0.717) is 62.1 Å². The molecule has 9 rings (SSSR count). The SMILES string of the molecule is CC(=O)OC1CC(O)CCC2(C#CC3CCCC4CC(CCN4)Oc4cc(ccc4O)CC31)CNC(N)=NCN1CC3CC(C1)CN(C3)CC21CCCC1. The summed E-state index contributed by atoms with van der Waals surface area (Å²) in [6, 6.07) is 5.98. The Bertz CT molecular complexity index is 1570. The molecule has 54 heavy (non-hydrogen) atoms. The molecule has 0 amide bonds. The molecule has 1 saturated carbocycles. The second-order valence-corrected chi connectivity index (χ2v) is 18.3. The molecule has 3 saturated heterocycles. The fourth-order valence-electron chi connectivity index (χ4n) is 11.9. The van der Waals surface area contributed by atoms with Crippen LogP contribution in [-0.4, -0.2) is 109 Å². The molecule has 1 aromatic carbocycles. The van der Waals surface area contributed by atoms with Crippen molar-refractivity contribution in [3.05, 3.63) is 23.8 Å². The lowest BCUT2D eigenvalue weighted by atomic mass is 9.58. The molecule has 6 N–H and O–H groups in total. The van der Waals surface area contributed by atoms with Gasteiger partial charge in [0.15, 0.2) is 17.5 Å². The number of nitrogens with two attached hydrogens (primary N) is 1. The van der Waals surface area contributed by atoms with Gasteiger partial charge < -0.3 is 41.0 Å². The van der Waals surface area contributed by atoms with E-state index in [0.717, 1.165) is 96.2 Å². The van der Waals surface area contributed by atoms with E-state index in [4.69, 9.17) is 20.2 Å². The van der Waals surface area contributed by atoms with Crippen molar-refractivity contribution in [3.63, 3.8) is 0 Å². The minimum Gasteiger partial charge on any atom is -0.504 e. The molecule has 296 valence electrons. The van der Waals surface area contributed by atoms with Gasteiger partial charge in [-0.3, -0.25) is 9.69 Å². The average molecular weight is 745 g/mol. The highest BCUT2D eigenvalue weighted by molar-refractivity contribution is 5.77. The summed E-state index contributed by atoms with van der Waals surface area (Å²) in [5.41, 5.74) is 7.20. The number of nitrogens with zero attached hydrogens (tertiary/aromatic N) is 3. The van der Waals surface area contributed by atoms with Crippen LogP contribution < -0.4 is 21.1 Å². The molecule has 2 aliphatic carbocycles. The molecule has 4 fully saturated rings. The second kappa shape index (κ2) is 16.2. The van der Waals surface area contributed by atoms with Crippen LogP contribution in [0.15, 0.2) is 23.2 Å². The van der Waals surface area contributed by atoms with Crippen LogP contribution in [0.4, 0.5) is 0 Å². The minimum absolute atomic E-state index is 0.0390. The van der Waals surface area contributed by atoms with Crippen LogP contribution in [-0.2, 0) is 16.0 Å². The number of phenolic OH excluding ortho intramolecular Hbond substituents is 1. The summed E-state index contributed by atoms with van der Waals surface area (Å²) in [5, 5.41) is 30.2. The summed E-state index contributed by atoms with van der Waals surface area (Å²) < 4.78 is 12.6. The highest BCUT2D eigenvalue weighted by Crippen LogP contribution is 2.55. The Labute approximate surface area is 322 Å². The normalized spacial score (nSPS) is 39.6. The second-order valence-electron chi connectivity index (χ2n) is 18.3. The monoisotopic (exact) mass is 744 g/mol. The number of aliphatic hydroxyl groups is 1. The topological polar surface area (TPSA) is 145 Å². The van der Waals surface area contributed by atoms with Gasteiger partial charge in [0.25, 0.3) is 0 Å². The van der Waals surface area contributed by atoms with Crippen molar-refractivity contribution in [1.29, 1.82) is 0 Å². The Morgan fingerprint density at radius 2 is 1.81 bits per heavy atom. The third-order valence-electron chi connectivity index (χ3n) is 14.4. The number of nitrogens with one attached hydrogen (secondary N) is 2. The third-order valence-corrected chi connectivity index (χ3v) is 14.4.